The van der Waals surface area contributed by atoms with Gasteiger partial charge in [-0.2, -0.15) is 0 Å². The van der Waals surface area contributed by atoms with Crippen LogP contribution in [0, 0.1) is 0 Å². The van der Waals surface area contributed by atoms with Gasteiger partial charge in [-0.15, -0.1) is 0 Å². The third-order valence-electron chi connectivity index (χ3n) is 4.71. The second-order valence-corrected chi connectivity index (χ2v) is 7.06. The van der Waals surface area contributed by atoms with Gasteiger partial charge in [0.05, 0.1) is 13.2 Å². The lowest BCUT2D eigenvalue weighted by Gasteiger charge is -2.10. The van der Waals surface area contributed by atoms with Crippen LogP contribution in [-0.4, -0.2) is 35.1 Å². The number of ether oxygens (including phenoxy) is 2. The minimum atomic E-state index is 0.173. The molecule has 0 aromatic heterocycles. The van der Waals surface area contributed by atoms with E-state index in [0.717, 1.165) is 50.0 Å². The number of hydrogen-bond donors (Lipinski definition) is 2. The molecule has 0 aliphatic rings. The van der Waals surface area contributed by atoms with Crippen molar-refractivity contribution >= 4 is 11.4 Å². The molecule has 0 spiro atoms. The number of oxime groups is 2. The van der Waals surface area contributed by atoms with Gasteiger partial charge in [0, 0.05) is 11.1 Å². The van der Waals surface area contributed by atoms with Gasteiger partial charge >= 0.3 is 0 Å². The van der Waals surface area contributed by atoms with Crippen LogP contribution in [0.15, 0.2) is 58.8 Å². The Bertz CT molecular complexity index is 729. The lowest BCUT2D eigenvalue weighted by atomic mass is 10.00. The lowest BCUT2D eigenvalue weighted by molar-refractivity contribution is 0.306. The van der Waals surface area contributed by atoms with Crippen LogP contribution in [0.1, 0.15) is 63.5 Å². The second-order valence-electron chi connectivity index (χ2n) is 7.06. The van der Waals surface area contributed by atoms with Crippen LogP contribution in [0.2, 0.25) is 0 Å². The van der Waals surface area contributed by atoms with Crippen LogP contribution in [0.5, 0.6) is 11.5 Å². The zero-order valence-electron chi connectivity index (χ0n) is 17.9. The Kier molecular flexibility index (Phi) is 10.3. The van der Waals surface area contributed by atoms with Gasteiger partial charge in [0.1, 0.15) is 22.9 Å². The topological polar surface area (TPSA) is 83.6 Å². The summed E-state index contributed by atoms with van der Waals surface area (Å²) in [7, 11) is 0. The highest BCUT2D eigenvalue weighted by atomic mass is 16.5. The summed E-state index contributed by atoms with van der Waals surface area (Å²) in [6.07, 6.45) is 6.60. The molecule has 0 heterocycles. The van der Waals surface area contributed by atoms with Crippen molar-refractivity contribution in [3.8, 4) is 11.5 Å². The van der Waals surface area contributed by atoms with Crippen molar-refractivity contribution in [3.63, 3.8) is 0 Å². The molecule has 2 aromatic rings. The van der Waals surface area contributed by atoms with Crippen molar-refractivity contribution in [2.24, 2.45) is 10.3 Å². The van der Waals surface area contributed by atoms with E-state index in [-0.39, 0.29) is 11.4 Å². The molecule has 6 heteroatoms. The van der Waals surface area contributed by atoms with Crippen LogP contribution < -0.4 is 9.47 Å². The molecule has 162 valence electrons. The summed E-state index contributed by atoms with van der Waals surface area (Å²) >= 11 is 0. The van der Waals surface area contributed by atoms with E-state index < -0.39 is 0 Å². The van der Waals surface area contributed by atoms with Crippen molar-refractivity contribution < 1.29 is 19.9 Å². The van der Waals surface area contributed by atoms with Crippen LogP contribution >= 0.6 is 0 Å². The van der Waals surface area contributed by atoms with Gasteiger partial charge in [0.15, 0.2) is 0 Å². The van der Waals surface area contributed by atoms with Crippen molar-refractivity contribution in [2.45, 2.75) is 52.4 Å². The van der Waals surface area contributed by atoms with Gasteiger partial charge < -0.3 is 19.9 Å². The molecule has 2 aromatic carbocycles. The normalized spacial score (nSPS) is 12.1. The Hall–Kier alpha value is -3.02. The Morgan fingerprint density at radius 3 is 1.30 bits per heavy atom. The molecule has 0 aliphatic carbocycles. The largest absolute Gasteiger partial charge is 0.494 e. The number of unbranched alkanes of at least 4 members (excludes halogenated alkanes) is 4. The SMILES string of the molecule is CCCCCOc1ccc(C(=N\O)/C(=N/O)c2ccc(OCCCCC)cc2)cc1. The van der Waals surface area contributed by atoms with E-state index in [1.54, 1.807) is 24.3 Å². The van der Waals surface area contributed by atoms with Crippen LogP contribution in [0.25, 0.3) is 0 Å². The molecule has 0 atom stereocenters. The molecule has 0 bridgehead atoms. The van der Waals surface area contributed by atoms with Crippen molar-refractivity contribution in [3.05, 3.63) is 59.7 Å². The monoisotopic (exact) mass is 412 g/mol. The van der Waals surface area contributed by atoms with E-state index in [4.69, 9.17) is 9.47 Å². The molecule has 0 amide bonds. The maximum Gasteiger partial charge on any atom is 0.139 e. The highest BCUT2D eigenvalue weighted by Crippen LogP contribution is 2.18. The summed E-state index contributed by atoms with van der Waals surface area (Å²) in [4.78, 5) is 0. The summed E-state index contributed by atoms with van der Waals surface area (Å²) in [6, 6.07) is 14.4. The first-order valence-corrected chi connectivity index (χ1v) is 10.6. The highest BCUT2D eigenvalue weighted by molar-refractivity contribution is 6.53. The molecule has 0 saturated carbocycles. The van der Waals surface area contributed by atoms with Crippen LogP contribution in [0.3, 0.4) is 0 Å². The minimum absolute atomic E-state index is 0.173. The Morgan fingerprint density at radius 1 is 0.633 bits per heavy atom. The maximum atomic E-state index is 9.57. The third kappa shape index (κ3) is 7.10. The number of nitrogens with zero attached hydrogens (tertiary/aromatic N) is 2. The van der Waals surface area contributed by atoms with E-state index >= 15 is 0 Å². The molecule has 6 nitrogen and oxygen atoms in total. The van der Waals surface area contributed by atoms with E-state index in [2.05, 4.69) is 24.2 Å². The summed E-state index contributed by atoms with van der Waals surface area (Å²) in [5.41, 5.74) is 1.58. The highest BCUT2D eigenvalue weighted by Gasteiger charge is 2.16. The Morgan fingerprint density at radius 2 is 1.00 bits per heavy atom. The Labute approximate surface area is 178 Å². The first-order chi connectivity index (χ1) is 14.7. The molecule has 0 fully saturated rings. The molecule has 0 aliphatic heterocycles. The Balaban J connectivity index is 2.05. The first-order valence-electron chi connectivity index (χ1n) is 10.6. The lowest BCUT2D eigenvalue weighted by Crippen LogP contribution is -2.17. The molecule has 2 N–H and O–H groups in total. The molecule has 0 unspecified atom stereocenters. The van der Waals surface area contributed by atoms with E-state index in [1.165, 1.54) is 0 Å². The zero-order valence-corrected chi connectivity index (χ0v) is 17.9. The molecule has 0 radical (unpaired) electrons. The average molecular weight is 413 g/mol. The average Bonchev–Trinajstić information content (AvgIpc) is 2.79. The summed E-state index contributed by atoms with van der Waals surface area (Å²) in [6.45, 7) is 5.65. The van der Waals surface area contributed by atoms with Gasteiger partial charge in [0.25, 0.3) is 0 Å². The third-order valence-corrected chi connectivity index (χ3v) is 4.71. The number of hydrogen-bond acceptors (Lipinski definition) is 6. The van der Waals surface area contributed by atoms with Gasteiger partial charge in [-0.3, -0.25) is 0 Å². The van der Waals surface area contributed by atoms with E-state index in [0.29, 0.717) is 24.3 Å². The quantitative estimate of drug-likeness (QED) is 0.186. The zero-order chi connectivity index (χ0) is 21.6. The van der Waals surface area contributed by atoms with E-state index in [1.807, 2.05) is 24.3 Å². The molecular formula is C24H32N2O4. The molecule has 30 heavy (non-hydrogen) atoms. The first kappa shape index (κ1) is 23.3. The predicted molar refractivity (Wildman–Crippen MR) is 120 cm³/mol. The summed E-state index contributed by atoms with van der Waals surface area (Å²) < 4.78 is 11.4. The second kappa shape index (κ2) is 13.2. The number of rotatable bonds is 13. The molecular weight excluding hydrogens is 380 g/mol. The maximum absolute atomic E-state index is 9.57. The fraction of sp³-hybridized carbons (Fsp3) is 0.417. The molecule has 0 saturated heterocycles. The van der Waals surface area contributed by atoms with Gasteiger partial charge in [0.2, 0.25) is 0 Å². The molecule has 2 rings (SSSR count). The van der Waals surface area contributed by atoms with E-state index in [9.17, 15) is 10.4 Å². The summed E-state index contributed by atoms with van der Waals surface area (Å²) in [5, 5.41) is 25.9. The smallest absolute Gasteiger partial charge is 0.139 e. The van der Waals surface area contributed by atoms with Gasteiger partial charge in [-0.1, -0.05) is 49.8 Å². The van der Waals surface area contributed by atoms with Gasteiger partial charge in [-0.05, 0) is 61.4 Å². The van der Waals surface area contributed by atoms with Crippen LogP contribution in [-0.2, 0) is 0 Å². The van der Waals surface area contributed by atoms with Crippen LogP contribution in [0.4, 0.5) is 0 Å². The van der Waals surface area contributed by atoms with Crippen molar-refractivity contribution in [2.75, 3.05) is 13.2 Å². The van der Waals surface area contributed by atoms with Gasteiger partial charge in [-0.25, -0.2) is 0 Å². The fourth-order valence-corrected chi connectivity index (χ4v) is 2.99. The predicted octanol–water partition coefficient (Wildman–Crippen LogP) is 5.88. The number of benzene rings is 2. The summed E-state index contributed by atoms with van der Waals surface area (Å²) in [5.74, 6) is 1.50. The fourth-order valence-electron chi connectivity index (χ4n) is 2.99. The standard InChI is InChI=1S/C24H32N2O4/c1-3-5-7-17-29-21-13-9-19(10-14-21)23(25-27)24(26-28)20-11-15-22(16-12-20)30-18-8-6-4-2/h9-16,27-28H,3-8,17-18H2,1-2H3/b25-23+,26-24+. The minimum Gasteiger partial charge on any atom is -0.494 e. The van der Waals surface area contributed by atoms with Crippen molar-refractivity contribution in [1.29, 1.82) is 0 Å². The van der Waals surface area contributed by atoms with Crippen molar-refractivity contribution in [1.82, 2.24) is 0 Å².